The van der Waals surface area contributed by atoms with Crippen molar-refractivity contribution in [1.82, 2.24) is 15.5 Å². The highest BCUT2D eigenvalue weighted by Gasteiger charge is 2.42. The van der Waals surface area contributed by atoms with E-state index in [1.165, 1.54) is 0 Å². The van der Waals surface area contributed by atoms with Gasteiger partial charge in [-0.15, -0.1) is 0 Å². The Labute approximate surface area is 122 Å². The lowest BCUT2D eigenvalue weighted by molar-refractivity contribution is 0.0935. The molecule has 0 spiro atoms. The van der Waals surface area contributed by atoms with Crippen LogP contribution in [-0.2, 0) is 0 Å². The van der Waals surface area contributed by atoms with Crippen molar-refractivity contribution in [3.8, 4) is 11.4 Å². The normalized spacial score (nSPS) is 15.7. The number of aromatic nitrogens is 2. The Kier molecular flexibility index (Phi) is 3.47. The number of hydrogen-bond donors (Lipinski definition) is 2. The predicted molar refractivity (Wildman–Crippen MR) is 75.6 cm³/mol. The highest BCUT2D eigenvalue weighted by atomic mass is 16.5. The van der Waals surface area contributed by atoms with Crippen LogP contribution in [0.4, 0.5) is 0 Å². The summed E-state index contributed by atoms with van der Waals surface area (Å²) in [5, 5.41) is 16.0. The number of amides is 1. The molecule has 0 unspecified atom stereocenters. The molecule has 0 atom stereocenters. The van der Waals surface area contributed by atoms with Gasteiger partial charge in [0.15, 0.2) is 0 Å². The van der Waals surface area contributed by atoms with E-state index in [0.717, 1.165) is 18.4 Å². The summed E-state index contributed by atoms with van der Waals surface area (Å²) in [6.07, 6.45) is 1.93. The van der Waals surface area contributed by atoms with Crippen LogP contribution in [0.25, 0.3) is 11.4 Å². The molecule has 1 aliphatic rings. The van der Waals surface area contributed by atoms with Gasteiger partial charge in [0.05, 0.1) is 6.61 Å². The first-order chi connectivity index (χ1) is 10.1. The van der Waals surface area contributed by atoms with E-state index in [9.17, 15) is 9.90 Å². The standard InChI is InChI=1S/C15H17N3O3/c1-10-17-13(18-21-10)11-3-2-4-12(7-11)14(20)16-8-15(9-19)5-6-15/h2-4,7,19H,5-6,8-9H2,1H3,(H,16,20). The molecule has 0 aliphatic heterocycles. The van der Waals surface area contributed by atoms with Crippen LogP contribution in [0.3, 0.4) is 0 Å². The van der Waals surface area contributed by atoms with E-state index in [0.29, 0.717) is 23.8 Å². The minimum atomic E-state index is -0.156. The Hall–Kier alpha value is -2.21. The fraction of sp³-hybridized carbons (Fsp3) is 0.400. The van der Waals surface area contributed by atoms with E-state index < -0.39 is 0 Å². The Bertz CT molecular complexity index is 662. The molecule has 2 aromatic rings. The van der Waals surface area contributed by atoms with Crippen LogP contribution in [-0.4, -0.2) is 34.3 Å². The maximum absolute atomic E-state index is 12.2. The van der Waals surface area contributed by atoms with Gasteiger partial charge in [-0.05, 0) is 25.0 Å². The number of aliphatic hydroxyl groups excluding tert-OH is 1. The second-order valence-corrected chi connectivity index (χ2v) is 5.56. The third kappa shape index (κ3) is 2.95. The topological polar surface area (TPSA) is 88.2 Å². The molecule has 1 aromatic carbocycles. The highest BCUT2D eigenvalue weighted by molar-refractivity contribution is 5.95. The van der Waals surface area contributed by atoms with Gasteiger partial charge < -0.3 is 14.9 Å². The zero-order valence-corrected chi connectivity index (χ0v) is 11.8. The minimum Gasteiger partial charge on any atom is -0.396 e. The van der Waals surface area contributed by atoms with Crippen molar-refractivity contribution in [2.45, 2.75) is 19.8 Å². The van der Waals surface area contributed by atoms with Crippen molar-refractivity contribution in [2.75, 3.05) is 13.2 Å². The van der Waals surface area contributed by atoms with Gasteiger partial charge in [0.25, 0.3) is 5.91 Å². The van der Waals surface area contributed by atoms with Crippen LogP contribution in [0.1, 0.15) is 29.1 Å². The van der Waals surface area contributed by atoms with Gasteiger partial charge in [-0.1, -0.05) is 17.3 Å². The number of carbonyl (C=O) groups is 1. The predicted octanol–water partition coefficient (Wildman–Crippen LogP) is 1.55. The molecule has 1 aromatic heterocycles. The van der Waals surface area contributed by atoms with E-state index in [1.54, 1.807) is 25.1 Å². The van der Waals surface area contributed by atoms with E-state index in [1.807, 2.05) is 6.07 Å². The minimum absolute atomic E-state index is 0.0992. The molecule has 0 bridgehead atoms. The molecule has 110 valence electrons. The molecule has 6 heteroatoms. The second kappa shape index (κ2) is 5.29. The summed E-state index contributed by atoms with van der Waals surface area (Å²) in [6, 6.07) is 7.09. The first-order valence-electron chi connectivity index (χ1n) is 6.92. The molecule has 0 saturated heterocycles. The van der Waals surface area contributed by atoms with E-state index in [-0.39, 0.29) is 17.9 Å². The molecule has 21 heavy (non-hydrogen) atoms. The van der Waals surface area contributed by atoms with Crippen LogP contribution in [0.5, 0.6) is 0 Å². The number of nitrogens with one attached hydrogen (secondary N) is 1. The number of benzene rings is 1. The van der Waals surface area contributed by atoms with Gasteiger partial charge >= 0.3 is 0 Å². The number of carbonyl (C=O) groups excluding carboxylic acids is 1. The third-order valence-electron chi connectivity index (χ3n) is 3.83. The van der Waals surface area contributed by atoms with Crippen molar-refractivity contribution in [3.63, 3.8) is 0 Å². The summed E-state index contributed by atoms with van der Waals surface area (Å²) < 4.78 is 4.94. The van der Waals surface area contributed by atoms with E-state index in [4.69, 9.17) is 4.52 Å². The van der Waals surface area contributed by atoms with Gasteiger partial charge in [0.2, 0.25) is 11.7 Å². The largest absolute Gasteiger partial charge is 0.396 e. The average molecular weight is 287 g/mol. The van der Waals surface area contributed by atoms with E-state index in [2.05, 4.69) is 15.5 Å². The quantitative estimate of drug-likeness (QED) is 0.871. The number of aliphatic hydroxyl groups is 1. The summed E-state index contributed by atoms with van der Waals surface area (Å²) in [5.41, 5.74) is 1.18. The number of aryl methyl sites for hydroxylation is 1. The summed E-state index contributed by atoms with van der Waals surface area (Å²) >= 11 is 0. The Balaban J connectivity index is 1.72. The average Bonchev–Trinajstić information content (AvgIpc) is 3.18. The van der Waals surface area contributed by atoms with Gasteiger partial charge in [0.1, 0.15) is 0 Å². The fourth-order valence-corrected chi connectivity index (χ4v) is 2.15. The number of hydrogen-bond acceptors (Lipinski definition) is 5. The molecular weight excluding hydrogens is 270 g/mol. The Morgan fingerprint density at radius 1 is 1.48 bits per heavy atom. The van der Waals surface area contributed by atoms with E-state index >= 15 is 0 Å². The second-order valence-electron chi connectivity index (χ2n) is 5.56. The molecule has 1 heterocycles. The molecule has 1 amide bonds. The first kappa shape index (κ1) is 13.8. The van der Waals surface area contributed by atoms with Crippen LogP contribution in [0.2, 0.25) is 0 Å². The van der Waals surface area contributed by atoms with Gasteiger partial charge in [0, 0.05) is 30.0 Å². The molecule has 2 N–H and O–H groups in total. The van der Waals surface area contributed by atoms with Crippen LogP contribution in [0, 0.1) is 12.3 Å². The Morgan fingerprint density at radius 3 is 2.90 bits per heavy atom. The summed E-state index contributed by atoms with van der Waals surface area (Å²) in [5.74, 6) is 0.798. The molecule has 6 nitrogen and oxygen atoms in total. The molecule has 0 radical (unpaired) electrons. The SMILES string of the molecule is Cc1nc(-c2cccc(C(=O)NCC3(CO)CC3)c2)no1. The fourth-order valence-electron chi connectivity index (χ4n) is 2.15. The molecular formula is C15H17N3O3. The summed E-state index contributed by atoms with van der Waals surface area (Å²) in [7, 11) is 0. The third-order valence-corrected chi connectivity index (χ3v) is 3.83. The lowest BCUT2D eigenvalue weighted by Crippen LogP contribution is -2.31. The molecule has 1 fully saturated rings. The van der Waals surface area contributed by atoms with Gasteiger partial charge in [-0.2, -0.15) is 4.98 Å². The monoisotopic (exact) mass is 287 g/mol. The maximum Gasteiger partial charge on any atom is 0.251 e. The van der Waals surface area contributed by atoms with Crippen LogP contribution in [0.15, 0.2) is 28.8 Å². The van der Waals surface area contributed by atoms with Gasteiger partial charge in [-0.3, -0.25) is 4.79 Å². The maximum atomic E-state index is 12.2. The first-order valence-corrected chi connectivity index (χ1v) is 6.92. The zero-order valence-electron chi connectivity index (χ0n) is 11.8. The number of rotatable bonds is 5. The smallest absolute Gasteiger partial charge is 0.251 e. The Morgan fingerprint density at radius 2 is 2.29 bits per heavy atom. The van der Waals surface area contributed by atoms with Crippen molar-refractivity contribution >= 4 is 5.91 Å². The summed E-state index contributed by atoms with van der Waals surface area (Å²) in [4.78, 5) is 16.3. The lowest BCUT2D eigenvalue weighted by Gasteiger charge is -2.12. The molecule has 1 aliphatic carbocycles. The van der Waals surface area contributed by atoms with Crippen molar-refractivity contribution in [2.24, 2.45) is 5.41 Å². The van der Waals surface area contributed by atoms with Crippen molar-refractivity contribution in [3.05, 3.63) is 35.7 Å². The number of nitrogens with zero attached hydrogens (tertiary/aromatic N) is 2. The lowest BCUT2D eigenvalue weighted by atomic mass is 10.1. The van der Waals surface area contributed by atoms with Crippen LogP contribution >= 0.6 is 0 Å². The summed E-state index contributed by atoms with van der Waals surface area (Å²) in [6.45, 7) is 2.35. The zero-order chi connectivity index (χ0) is 14.9. The van der Waals surface area contributed by atoms with Crippen molar-refractivity contribution in [1.29, 1.82) is 0 Å². The highest BCUT2D eigenvalue weighted by Crippen LogP contribution is 2.44. The van der Waals surface area contributed by atoms with Crippen LogP contribution < -0.4 is 5.32 Å². The van der Waals surface area contributed by atoms with Crippen molar-refractivity contribution < 1.29 is 14.4 Å². The molecule has 1 saturated carbocycles. The van der Waals surface area contributed by atoms with Gasteiger partial charge in [-0.25, -0.2) is 0 Å². The molecule has 3 rings (SSSR count).